The highest BCUT2D eigenvalue weighted by molar-refractivity contribution is 6.13. The molecule has 0 aliphatic carbocycles. The molecule has 206 valence electrons. The van der Waals surface area contributed by atoms with Crippen LogP contribution in [0.1, 0.15) is 40.4 Å². The summed E-state index contributed by atoms with van der Waals surface area (Å²) in [7, 11) is 0. The van der Waals surface area contributed by atoms with E-state index in [1.165, 1.54) is 0 Å². The lowest BCUT2D eigenvalue weighted by Crippen LogP contribution is -2.59. The molecule has 0 aromatic heterocycles. The van der Waals surface area contributed by atoms with Gasteiger partial charge in [-0.1, -0.05) is 13.0 Å². The van der Waals surface area contributed by atoms with Crippen LogP contribution in [-0.4, -0.2) is 69.0 Å². The summed E-state index contributed by atoms with van der Waals surface area (Å²) in [6.45, 7) is 0.973. The number of esters is 1. The molecule has 11 nitrogen and oxygen atoms in total. The molecule has 39 heavy (non-hydrogen) atoms. The van der Waals surface area contributed by atoms with Gasteiger partial charge in [-0.05, 0) is 52.8 Å². The Morgan fingerprint density at radius 1 is 0.872 bits per heavy atom. The maximum absolute atomic E-state index is 13.1. The number of carbonyl (C=O) groups excluding carboxylic acids is 1. The van der Waals surface area contributed by atoms with E-state index in [0.29, 0.717) is 56.5 Å². The molecule has 11 heteroatoms. The van der Waals surface area contributed by atoms with E-state index in [9.17, 15) is 30.3 Å². The molecule has 0 amide bonds. The number of aliphatic hydroxyl groups is 5. The van der Waals surface area contributed by atoms with Gasteiger partial charge in [0.2, 0.25) is 13.1 Å². The highest BCUT2D eigenvalue weighted by Crippen LogP contribution is 2.48. The number of ether oxygens (including phenoxy) is 5. The highest BCUT2D eigenvalue weighted by Gasteiger charge is 2.45. The zero-order chi connectivity index (χ0) is 27.4. The predicted octanol–water partition coefficient (Wildman–Crippen LogP) is 1.49. The van der Waals surface area contributed by atoms with Crippen LogP contribution in [0.15, 0.2) is 30.3 Å². The van der Waals surface area contributed by atoms with Crippen LogP contribution < -0.4 is 14.2 Å². The molecule has 3 aliphatic rings. The molecule has 1 saturated heterocycles. The molecule has 1 fully saturated rings. The third-order valence-corrected chi connectivity index (χ3v) is 7.54. The first kappa shape index (κ1) is 25.8. The van der Waals surface area contributed by atoms with Gasteiger partial charge in [0, 0.05) is 16.5 Å². The van der Waals surface area contributed by atoms with Gasteiger partial charge < -0.3 is 49.2 Å². The molecule has 5 atom stereocenters. The highest BCUT2D eigenvalue weighted by atomic mass is 16.7. The number of hydrogen-bond donors (Lipinski definition) is 5. The monoisotopic (exact) mass is 540 g/mol. The van der Waals surface area contributed by atoms with Crippen molar-refractivity contribution in [3.63, 3.8) is 0 Å². The van der Waals surface area contributed by atoms with Crippen LogP contribution >= 0.6 is 0 Å². The number of cyclic esters (lactones) is 1. The molecule has 0 bridgehead atoms. The number of rotatable bonds is 6. The van der Waals surface area contributed by atoms with E-state index in [0.717, 1.165) is 0 Å². The van der Waals surface area contributed by atoms with Crippen molar-refractivity contribution in [2.45, 2.75) is 63.9 Å². The van der Waals surface area contributed by atoms with Crippen molar-refractivity contribution < 1.29 is 54.0 Å². The van der Waals surface area contributed by atoms with Crippen molar-refractivity contribution in [2.24, 2.45) is 0 Å². The largest absolute Gasteiger partial charge is 0.461 e. The summed E-state index contributed by atoms with van der Waals surface area (Å²) in [4.78, 5) is 13.1. The summed E-state index contributed by atoms with van der Waals surface area (Å²) >= 11 is 0. The number of carbonyl (C=O) groups is 1. The zero-order valence-electron chi connectivity index (χ0n) is 21.0. The van der Waals surface area contributed by atoms with Crippen LogP contribution in [0.4, 0.5) is 0 Å². The second-order valence-electron chi connectivity index (χ2n) is 9.73. The van der Waals surface area contributed by atoms with E-state index < -0.39 is 36.7 Å². The van der Waals surface area contributed by atoms with Crippen LogP contribution in [0.25, 0.3) is 21.9 Å². The number of aliphatic hydroxyl groups excluding tert-OH is 5. The van der Waals surface area contributed by atoms with Crippen molar-refractivity contribution in [2.75, 3.05) is 6.79 Å². The Morgan fingerprint density at radius 2 is 1.59 bits per heavy atom. The zero-order valence-corrected chi connectivity index (χ0v) is 21.0. The lowest BCUT2D eigenvalue weighted by atomic mass is 9.87. The van der Waals surface area contributed by atoms with Crippen molar-refractivity contribution in [1.82, 2.24) is 0 Å². The van der Waals surface area contributed by atoms with Gasteiger partial charge >= 0.3 is 5.97 Å². The second kappa shape index (κ2) is 9.94. The minimum absolute atomic E-state index is 0.0734. The second-order valence-corrected chi connectivity index (χ2v) is 9.73. The predicted molar refractivity (Wildman–Crippen MR) is 134 cm³/mol. The van der Waals surface area contributed by atoms with Crippen molar-refractivity contribution >= 4 is 16.7 Å². The summed E-state index contributed by atoms with van der Waals surface area (Å²) in [6.07, 6.45) is -6.24. The first-order valence-corrected chi connectivity index (χ1v) is 12.7. The molecule has 3 aromatic carbocycles. The van der Waals surface area contributed by atoms with Gasteiger partial charge in [0.05, 0.1) is 24.9 Å². The summed E-state index contributed by atoms with van der Waals surface area (Å²) in [5.41, 5.74) is 2.65. The molecular weight excluding hydrogens is 512 g/mol. The fourth-order valence-electron chi connectivity index (χ4n) is 5.47. The summed E-state index contributed by atoms with van der Waals surface area (Å²) < 4.78 is 28.4. The molecule has 0 spiro atoms. The number of fused-ring (bicyclic) bond motifs is 3. The summed E-state index contributed by atoms with van der Waals surface area (Å²) in [5, 5.41) is 52.5. The Kier molecular flexibility index (Phi) is 6.58. The third-order valence-electron chi connectivity index (χ3n) is 7.54. The maximum atomic E-state index is 13.1. The minimum Gasteiger partial charge on any atom is -0.461 e. The smallest absolute Gasteiger partial charge is 0.339 e. The van der Waals surface area contributed by atoms with E-state index in [2.05, 4.69) is 0 Å². The molecule has 0 radical (unpaired) electrons. The average Bonchev–Trinajstić information content (AvgIpc) is 3.58. The molecule has 1 unspecified atom stereocenters. The Bertz CT molecular complexity index is 1450. The van der Waals surface area contributed by atoms with E-state index >= 15 is 0 Å². The molecule has 3 heterocycles. The molecule has 3 aliphatic heterocycles. The molecule has 0 saturated carbocycles. The van der Waals surface area contributed by atoms with Crippen LogP contribution in [0.3, 0.4) is 0 Å². The van der Waals surface area contributed by atoms with Crippen LogP contribution in [-0.2, 0) is 29.3 Å². The Morgan fingerprint density at radius 3 is 2.31 bits per heavy atom. The first-order chi connectivity index (χ1) is 18.9. The number of hydrogen-bond acceptors (Lipinski definition) is 11. The van der Waals surface area contributed by atoms with Gasteiger partial charge in [-0.2, -0.15) is 0 Å². The van der Waals surface area contributed by atoms with E-state index in [4.69, 9.17) is 23.7 Å². The Hall–Kier alpha value is -3.45. The molecule has 3 aromatic rings. The van der Waals surface area contributed by atoms with Gasteiger partial charge in [-0.25, -0.2) is 4.79 Å². The maximum Gasteiger partial charge on any atom is 0.339 e. The van der Waals surface area contributed by atoms with Gasteiger partial charge in [0.25, 0.3) is 0 Å². The first-order valence-electron chi connectivity index (χ1n) is 12.7. The lowest BCUT2D eigenvalue weighted by Gasteiger charge is -2.40. The van der Waals surface area contributed by atoms with Gasteiger partial charge in [0.1, 0.15) is 30.7 Å². The fourth-order valence-corrected chi connectivity index (χ4v) is 5.47. The molecule has 5 N–H and O–H groups in total. The van der Waals surface area contributed by atoms with Gasteiger partial charge in [0.15, 0.2) is 11.5 Å². The SMILES string of the molecule is CC[C@H]1OC(Oc2c3c(c(-c4ccc5c(c4)OCO5)c4cc(CO)c(CO)cc24)C(=O)OC3)[C@H](O)[C@@H](O)[C@H]1O. The van der Waals surface area contributed by atoms with E-state index in [-0.39, 0.29) is 37.9 Å². The standard InChI is InChI=1S/C28H28O11/c1-2-18-23(31)24(32)25(33)28(38-18)39-26-16-6-14(9-30)13(8-29)5-15(16)21(22-17(26)10-35-27(22)34)12-3-4-19-20(7-12)37-11-36-19/h3-7,18,23-25,28-33H,2,8-11H2,1H3/t18-,23+,24+,25-,28?/m1/s1. The van der Waals surface area contributed by atoms with Crippen molar-refractivity contribution in [3.8, 4) is 28.4 Å². The topological polar surface area (TPSA) is 164 Å². The Balaban J connectivity index is 1.59. The Labute approximate surface area is 222 Å². The quantitative estimate of drug-likeness (QED) is 0.288. The van der Waals surface area contributed by atoms with Crippen LogP contribution in [0.2, 0.25) is 0 Å². The van der Waals surface area contributed by atoms with Crippen molar-refractivity contribution in [3.05, 3.63) is 52.6 Å². The molecular formula is C28H28O11. The van der Waals surface area contributed by atoms with Crippen LogP contribution in [0, 0.1) is 0 Å². The summed E-state index contributed by atoms with van der Waals surface area (Å²) in [6, 6.07) is 8.59. The average molecular weight is 541 g/mol. The third kappa shape index (κ3) is 4.09. The number of benzene rings is 3. The van der Waals surface area contributed by atoms with E-state index in [1.807, 2.05) is 0 Å². The molecule has 6 rings (SSSR count). The van der Waals surface area contributed by atoms with Gasteiger partial charge in [-0.3, -0.25) is 0 Å². The lowest BCUT2D eigenvalue weighted by molar-refractivity contribution is -0.272. The summed E-state index contributed by atoms with van der Waals surface area (Å²) in [5.74, 6) is 0.646. The fraction of sp³-hybridized carbons (Fsp3) is 0.393. The van der Waals surface area contributed by atoms with Gasteiger partial charge in [-0.15, -0.1) is 0 Å². The van der Waals surface area contributed by atoms with Crippen molar-refractivity contribution in [1.29, 1.82) is 0 Å². The minimum atomic E-state index is -1.59. The van der Waals surface area contributed by atoms with E-state index in [1.54, 1.807) is 37.3 Å². The normalized spacial score (nSPS) is 25.6. The van der Waals surface area contributed by atoms with Crippen LogP contribution in [0.5, 0.6) is 17.2 Å².